The highest BCUT2D eigenvalue weighted by molar-refractivity contribution is 6.63. The number of hydrogen-bond acceptors (Lipinski definition) is 3. The molecule has 0 atom stereocenters. The van der Waals surface area contributed by atoms with Crippen LogP contribution < -0.4 is 5.32 Å². The van der Waals surface area contributed by atoms with Crippen LogP contribution in [0.5, 0.6) is 5.75 Å². The molecule has 0 aliphatic heterocycles. The first kappa shape index (κ1) is 11.5. The number of anilines is 1. The summed E-state index contributed by atoms with van der Waals surface area (Å²) in [5, 5.41) is 11.0. The number of rotatable bonds is 4. The van der Waals surface area contributed by atoms with Crippen molar-refractivity contribution >= 4 is 28.4 Å². The number of carbonyl (C=O) groups excluding carboxylic acids is 2. The molecule has 2 N–H and O–H groups in total. The van der Waals surface area contributed by atoms with E-state index in [0.29, 0.717) is 5.69 Å². The first-order valence-electron chi connectivity index (χ1n) is 4.35. The number of phenolic OH excluding ortho intramolecular Hbond substituents is 1. The van der Waals surface area contributed by atoms with E-state index in [2.05, 4.69) is 5.32 Å². The minimum Gasteiger partial charge on any atom is -0.508 e. The Kier molecular flexibility index (Phi) is 4.12. The smallest absolute Gasteiger partial charge is 0.224 e. The molecule has 1 aromatic carbocycles. The molecule has 0 aliphatic rings. The van der Waals surface area contributed by atoms with Gasteiger partial charge in [-0.1, -0.05) is 0 Å². The van der Waals surface area contributed by atoms with Gasteiger partial charge in [-0.05, 0) is 35.9 Å². The number of aromatic hydroxyl groups is 1. The zero-order valence-corrected chi connectivity index (χ0v) is 8.62. The summed E-state index contributed by atoms with van der Waals surface area (Å²) in [6.45, 7) is 0. The van der Waals surface area contributed by atoms with Crippen molar-refractivity contribution in [3.8, 4) is 5.75 Å². The van der Waals surface area contributed by atoms with Crippen molar-refractivity contribution < 1.29 is 14.7 Å². The zero-order valence-electron chi connectivity index (χ0n) is 7.87. The number of nitrogens with one attached hydrogen (secondary N) is 1. The normalized spacial score (nSPS) is 9.67. The molecule has 15 heavy (non-hydrogen) atoms. The summed E-state index contributed by atoms with van der Waals surface area (Å²) in [7, 11) is 0. The summed E-state index contributed by atoms with van der Waals surface area (Å²) >= 11 is 5.09. The zero-order chi connectivity index (χ0) is 11.3. The van der Waals surface area contributed by atoms with Crippen LogP contribution in [-0.4, -0.2) is 16.3 Å². The van der Waals surface area contributed by atoms with Gasteiger partial charge >= 0.3 is 0 Å². The van der Waals surface area contributed by atoms with Gasteiger partial charge < -0.3 is 10.4 Å². The Hall–Kier alpha value is -1.55. The van der Waals surface area contributed by atoms with Crippen LogP contribution in [0, 0.1) is 0 Å². The van der Waals surface area contributed by atoms with E-state index in [9.17, 15) is 9.59 Å². The first-order valence-corrected chi connectivity index (χ1v) is 4.73. The molecular weight excluding hydrogens is 218 g/mol. The third kappa shape index (κ3) is 4.46. The number of carbonyl (C=O) groups is 2. The number of amides is 1. The average Bonchev–Trinajstić information content (AvgIpc) is 2.19. The summed E-state index contributed by atoms with van der Waals surface area (Å²) in [5.74, 6) is -0.154. The molecule has 1 aromatic rings. The molecule has 0 fully saturated rings. The molecule has 0 unspecified atom stereocenters. The van der Waals surface area contributed by atoms with Gasteiger partial charge in [-0.15, -0.1) is 0 Å². The fraction of sp³-hybridized carbons (Fsp3) is 0.200. The Morgan fingerprint density at radius 1 is 1.20 bits per heavy atom. The van der Waals surface area contributed by atoms with Gasteiger partial charge in [-0.3, -0.25) is 9.59 Å². The topological polar surface area (TPSA) is 66.4 Å². The monoisotopic (exact) mass is 227 g/mol. The highest BCUT2D eigenvalue weighted by atomic mass is 35.5. The summed E-state index contributed by atoms with van der Waals surface area (Å²) in [5.41, 5.74) is 0.569. The lowest BCUT2D eigenvalue weighted by atomic mass is 10.2. The highest BCUT2D eigenvalue weighted by Gasteiger charge is 2.04. The molecule has 1 rings (SSSR count). The molecule has 5 heteroatoms. The lowest BCUT2D eigenvalue weighted by Gasteiger charge is -2.03. The van der Waals surface area contributed by atoms with Crippen molar-refractivity contribution in [3.05, 3.63) is 24.3 Å². The molecular formula is C10H10ClNO3. The number of benzene rings is 1. The fourth-order valence-corrected chi connectivity index (χ4v) is 1.07. The fourth-order valence-electron chi connectivity index (χ4n) is 0.980. The maximum Gasteiger partial charge on any atom is 0.224 e. The minimum absolute atomic E-state index is 0.0193. The van der Waals surface area contributed by atoms with Crippen LogP contribution in [0.25, 0.3) is 0 Å². The molecule has 1 amide bonds. The van der Waals surface area contributed by atoms with E-state index in [4.69, 9.17) is 16.7 Å². The minimum atomic E-state index is -0.532. The number of hydrogen-bond donors (Lipinski definition) is 2. The van der Waals surface area contributed by atoms with E-state index < -0.39 is 5.24 Å². The van der Waals surface area contributed by atoms with E-state index in [1.165, 1.54) is 12.1 Å². The van der Waals surface area contributed by atoms with Crippen molar-refractivity contribution in [2.24, 2.45) is 0 Å². The van der Waals surface area contributed by atoms with E-state index in [1.807, 2.05) is 0 Å². The van der Waals surface area contributed by atoms with Gasteiger partial charge in [0, 0.05) is 18.5 Å². The molecule has 0 saturated heterocycles. The predicted octanol–water partition coefficient (Wildman–Crippen LogP) is 1.88. The molecule has 0 saturated carbocycles. The molecule has 0 heterocycles. The summed E-state index contributed by atoms with van der Waals surface area (Å²) in [4.78, 5) is 21.6. The third-order valence-electron chi connectivity index (χ3n) is 1.70. The highest BCUT2D eigenvalue weighted by Crippen LogP contribution is 2.14. The lowest BCUT2D eigenvalue weighted by molar-refractivity contribution is -0.119. The van der Waals surface area contributed by atoms with Gasteiger partial charge in [0.15, 0.2) is 0 Å². The number of phenols is 1. The van der Waals surface area contributed by atoms with Gasteiger partial charge in [0.1, 0.15) is 5.75 Å². The average molecular weight is 228 g/mol. The molecule has 0 aromatic heterocycles. The van der Waals surface area contributed by atoms with E-state index in [0.717, 1.165) is 0 Å². The molecule has 0 spiro atoms. The lowest BCUT2D eigenvalue weighted by Crippen LogP contribution is -2.11. The van der Waals surface area contributed by atoms with Gasteiger partial charge in [-0.25, -0.2) is 0 Å². The summed E-state index contributed by atoms with van der Waals surface area (Å²) in [6, 6.07) is 6.05. The van der Waals surface area contributed by atoms with Crippen molar-refractivity contribution in [1.82, 2.24) is 0 Å². The van der Waals surface area contributed by atoms with Crippen LogP contribution in [0.4, 0.5) is 5.69 Å². The standard InChI is InChI=1S/C10H10ClNO3/c11-9(14)5-6-10(15)12-7-1-3-8(13)4-2-7/h1-4,13H,5-6H2,(H,12,15). The maximum absolute atomic E-state index is 11.2. The van der Waals surface area contributed by atoms with Crippen molar-refractivity contribution in [2.75, 3.05) is 5.32 Å². The van der Waals surface area contributed by atoms with Gasteiger partial charge in [0.05, 0.1) is 0 Å². The van der Waals surface area contributed by atoms with Crippen molar-refractivity contribution in [3.63, 3.8) is 0 Å². The second kappa shape index (κ2) is 5.36. The Balaban J connectivity index is 2.44. The van der Waals surface area contributed by atoms with E-state index in [-0.39, 0.29) is 24.5 Å². The van der Waals surface area contributed by atoms with Crippen LogP contribution in [0.15, 0.2) is 24.3 Å². The molecule has 80 valence electrons. The quantitative estimate of drug-likeness (QED) is 0.610. The largest absolute Gasteiger partial charge is 0.508 e. The molecule has 0 bridgehead atoms. The predicted molar refractivity (Wildman–Crippen MR) is 56.8 cm³/mol. The van der Waals surface area contributed by atoms with Crippen LogP contribution >= 0.6 is 11.6 Å². The van der Waals surface area contributed by atoms with Crippen LogP contribution in [-0.2, 0) is 9.59 Å². The van der Waals surface area contributed by atoms with Crippen LogP contribution in [0.3, 0.4) is 0 Å². The first-order chi connectivity index (χ1) is 7.08. The van der Waals surface area contributed by atoms with Gasteiger partial charge in [-0.2, -0.15) is 0 Å². The Morgan fingerprint density at radius 2 is 1.80 bits per heavy atom. The molecule has 0 aliphatic carbocycles. The SMILES string of the molecule is O=C(Cl)CCC(=O)Nc1ccc(O)cc1. The number of halogens is 1. The third-order valence-corrected chi connectivity index (χ3v) is 1.89. The molecule has 0 radical (unpaired) electrons. The summed E-state index contributed by atoms with van der Waals surface area (Å²) < 4.78 is 0. The van der Waals surface area contributed by atoms with Crippen molar-refractivity contribution in [2.45, 2.75) is 12.8 Å². The second-order valence-electron chi connectivity index (χ2n) is 2.95. The summed E-state index contributed by atoms with van der Waals surface area (Å²) in [6.07, 6.45) is 0.0781. The van der Waals surface area contributed by atoms with Gasteiger partial charge in [0.25, 0.3) is 0 Å². The van der Waals surface area contributed by atoms with Crippen LogP contribution in [0.2, 0.25) is 0 Å². The second-order valence-corrected chi connectivity index (χ2v) is 3.37. The van der Waals surface area contributed by atoms with Crippen molar-refractivity contribution in [1.29, 1.82) is 0 Å². The Bertz CT molecular complexity index is 361. The van der Waals surface area contributed by atoms with E-state index in [1.54, 1.807) is 12.1 Å². The van der Waals surface area contributed by atoms with Crippen LogP contribution in [0.1, 0.15) is 12.8 Å². The van der Waals surface area contributed by atoms with Gasteiger partial charge in [0.2, 0.25) is 11.1 Å². The Labute approximate surface area is 91.9 Å². The maximum atomic E-state index is 11.2. The van der Waals surface area contributed by atoms with E-state index >= 15 is 0 Å². The molecule has 4 nitrogen and oxygen atoms in total. The Morgan fingerprint density at radius 3 is 2.33 bits per heavy atom.